The molecule has 0 unspecified atom stereocenters. The van der Waals surface area contributed by atoms with E-state index in [0.29, 0.717) is 17.9 Å². The number of esters is 2. The Morgan fingerprint density at radius 3 is 2.56 bits per heavy atom. The smallest absolute Gasteiger partial charge is 0.355 e. The topological polar surface area (TPSA) is 140 Å². The highest BCUT2D eigenvalue weighted by Gasteiger charge is 2.52. The Balaban J connectivity index is 1.34. The predicted octanol–water partition coefficient (Wildman–Crippen LogP) is 3.32. The van der Waals surface area contributed by atoms with Crippen LogP contribution in [0.5, 0.6) is 0 Å². The van der Waals surface area contributed by atoms with Crippen molar-refractivity contribution in [3.63, 3.8) is 0 Å². The number of pyridine rings is 2. The van der Waals surface area contributed by atoms with E-state index in [1.54, 1.807) is 51.3 Å². The third kappa shape index (κ3) is 4.21. The number of carbonyl (C=O) groups excluding carboxylic acids is 3. The average Bonchev–Trinajstić information content (AvgIpc) is 3.40. The number of amides is 1. The zero-order valence-corrected chi connectivity index (χ0v) is 25.0. The van der Waals surface area contributed by atoms with Gasteiger partial charge in [0.2, 0.25) is 11.5 Å². The third-order valence-corrected chi connectivity index (χ3v) is 8.84. The van der Waals surface area contributed by atoms with Crippen molar-refractivity contribution in [1.29, 1.82) is 0 Å². The monoisotopic (exact) mass is 586 g/mol. The highest BCUT2D eigenvalue weighted by atomic mass is 16.6. The fraction of sp³-hybridized carbons (Fsp3) is 0.406. The van der Waals surface area contributed by atoms with Crippen LogP contribution in [0.3, 0.4) is 0 Å². The molecule has 3 aromatic rings. The number of nitrogens with zero attached hydrogens (tertiary/aromatic N) is 3. The predicted molar refractivity (Wildman–Crippen MR) is 156 cm³/mol. The summed E-state index contributed by atoms with van der Waals surface area (Å²) in [4.78, 5) is 58.6. The van der Waals surface area contributed by atoms with Gasteiger partial charge in [0.05, 0.1) is 40.1 Å². The van der Waals surface area contributed by atoms with E-state index in [2.05, 4.69) is 5.32 Å². The molecule has 3 aliphatic rings. The molecule has 224 valence electrons. The van der Waals surface area contributed by atoms with Crippen LogP contribution in [-0.2, 0) is 42.6 Å². The normalized spacial score (nSPS) is 22.2. The van der Waals surface area contributed by atoms with E-state index in [1.807, 2.05) is 30.3 Å². The van der Waals surface area contributed by atoms with Gasteiger partial charge in [-0.25, -0.2) is 14.6 Å². The number of hydroxylamine groups is 2. The Hall–Kier alpha value is -4.35. The molecule has 0 spiro atoms. The van der Waals surface area contributed by atoms with Crippen LogP contribution in [0.15, 0.2) is 52.8 Å². The van der Waals surface area contributed by atoms with Crippen LogP contribution in [0, 0.1) is 0 Å². The molecule has 2 atom stereocenters. The maximum atomic E-state index is 13.7. The lowest BCUT2D eigenvalue weighted by Crippen LogP contribution is -2.52. The number of benzene rings is 1. The summed E-state index contributed by atoms with van der Waals surface area (Å²) in [7, 11) is 0. The zero-order valence-electron chi connectivity index (χ0n) is 25.0. The molecule has 1 amide bonds. The molecule has 0 saturated heterocycles. The lowest BCUT2D eigenvalue weighted by atomic mass is 9.85. The molecule has 0 fully saturated rings. The molecule has 0 aliphatic carbocycles. The molecule has 0 radical (unpaired) electrons. The molecule has 2 N–H and O–H groups in total. The van der Waals surface area contributed by atoms with Crippen LogP contribution in [0.4, 0.5) is 0 Å². The fourth-order valence-corrected chi connectivity index (χ4v) is 6.44. The maximum Gasteiger partial charge on any atom is 0.355 e. The van der Waals surface area contributed by atoms with Gasteiger partial charge in [-0.15, -0.1) is 0 Å². The Bertz CT molecular complexity index is 1820. The summed E-state index contributed by atoms with van der Waals surface area (Å²) in [6.45, 7) is 10.1. The molecule has 3 aliphatic heterocycles. The number of carbonyl (C=O) groups is 3. The summed E-state index contributed by atoms with van der Waals surface area (Å²) in [5.74, 6) is -2.22. The number of cyclic esters (lactones) is 1. The highest BCUT2D eigenvalue weighted by Crippen LogP contribution is 2.42. The minimum atomic E-state index is -1.90. The van der Waals surface area contributed by atoms with Gasteiger partial charge < -0.3 is 24.6 Å². The molecule has 0 bridgehead atoms. The number of fused-ring (bicyclic) bond motifs is 5. The number of rotatable bonds is 5. The van der Waals surface area contributed by atoms with Crippen molar-refractivity contribution in [2.45, 2.75) is 83.8 Å². The van der Waals surface area contributed by atoms with Crippen molar-refractivity contribution < 1.29 is 29.1 Å². The van der Waals surface area contributed by atoms with Crippen LogP contribution in [0.1, 0.15) is 64.7 Å². The summed E-state index contributed by atoms with van der Waals surface area (Å²) < 4.78 is 12.9. The first kappa shape index (κ1) is 28.8. The van der Waals surface area contributed by atoms with Crippen molar-refractivity contribution in [3.8, 4) is 11.4 Å². The Kier molecular flexibility index (Phi) is 6.41. The van der Waals surface area contributed by atoms with Gasteiger partial charge in [0, 0.05) is 22.1 Å². The molecule has 1 aromatic carbocycles. The van der Waals surface area contributed by atoms with Gasteiger partial charge in [-0.1, -0.05) is 31.2 Å². The number of ether oxygens (including phenoxy) is 2. The van der Waals surface area contributed by atoms with Crippen LogP contribution in [0.25, 0.3) is 22.3 Å². The second kappa shape index (κ2) is 9.58. The Morgan fingerprint density at radius 2 is 1.88 bits per heavy atom. The van der Waals surface area contributed by atoms with Crippen molar-refractivity contribution >= 4 is 28.7 Å². The van der Waals surface area contributed by atoms with Crippen molar-refractivity contribution in [3.05, 3.63) is 75.1 Å². The molecule has 11 heteroatoms. The number of hydrogen-bond donors (Lipinski definition) is 2. The van der Waals surface area contributed by atoms with Crippen molar-refractivity contribution in [2.75, 3.05) is 0 Å². The highest BCUT2D eigenvalue weighted by molar-refractivity contribution is 5.99. The molecule has 5 heterocycles. The maximum absolute atomic E-state index is 13.7. The van der Waals surface area contributed by atoms with Gasteiger partial charge in [0.25, 0.3) is 5.56 Å². The van der Waals surface area contributed by atoms with Gasteiger partial charge in [0.1, 0.15) is 12.6 Å². The Labute approximate surface area is 248 Å². The number of para-hydroxylation sites is 1. The molecule has 6 rings (SSSR count). The fourth-order valence-electron chi connectivity index (χ4n) is 6.44. The summed E-state index contributed by atoms with van der Waals surface area (Å²) in [5, 5.41) is 15.3. The first-order valence-corrected chi connectivity index (χ1v) is 14.3. The summed E-state index contributed by atoms with van der Waals surface area (Å²) in [6.07, 6.45) is 1.64. The molecule has 0 saturated carbocycles. The largest absolute Gasteiger partial charge is 0.457 e. The van der Waals surface area contributed by atoms with E-state index in [4.69, 9.17) is 14.5 Å². The first-order valence-electron chi connectivity index (χ1n) is 14.3. The van der Waals surface area contributed by atoms with Gasteiger partial charge in [-0.3, -0.25) is 9.59 Å². The molecule has 11 nitrogen and oxygen atoms in total. The van der Waals surface area contributed by atoms with E-state index in [-0.39, 0.29) is 35.3 Å². The van der Waals surface area contributed by atoms with E-state index >= 15 is 0 Å². The van der Waals surface area contributed by atoms with E-state index in [9.17, 15) is 24.4 Å². The number of aromatic nitrogens is 2. The molecular weight excluding hydrogens is 552 g/mol. The van der Waals surface area contributed by atoms with E-state index in [0.717, 1.165) is 21.5 Å². The van der Waals surface area contributed by atoms with E-state index < -0.39 is 40.6 Å². The minimum Gasteiger partial charge on any atom is -0.457 e. The van der Waals surface area contributed by atoms with Crippen LogP contribution < -0.4 is 10.9 Å². The molecule has 43 heavy (non-hydrogen) atoms. The van der Waals surface area contributed by atoms with Crippen molar-refractivity contribution in [1.82, 2.24) is 19.9 Å². The SMILES string of the molecule is CC[C@@]1(OC(=O)[C@H](C)NC(=O)C2=CC(C)(C)N(O)C2(C)C)C(=O)OCc2c1cc1n(c2=O)Cc2cc3ccccc3nc2-1. The second-order valence-corrected chi connectivity index (χ2v) is 12.5. The summed E-state index contributed by atoms with van der Waals surface area (Å²) in [5.41, 5.74) is -0.470. The summed E-state index contributed by atoms with van der Waals surface area (Å²) >= 11 is 0. The lowest BCUT2D eigenvalue weighted by Gasteiger charge is -2.37. The van der Waals surface area contributed by atoms with Gasteiger partial charge in [-0.05, 0) is 59.2 Å². The average molecular weight is 587 g/mol. The number of nitrogens with one attached hydrogen (secondary N) is 1. The van der Waals surface area contributed by atoms with Crippen LogP contribution in [0.2, 0.25) is 0 Å². The van der Waals surface area contributed by atoms with Gasteiger partial charge in [0.15, 0.2) is 0 Å². The zero-order chi connectivity index (χ0) is 31.1. The Morgan fingerprint density at radius 1 is 1.16 bits per heavy atom. The van der Waals surface area contributed by atoms with Crippen LogP contribution >= 0.6 is 0 Å². The van der Waals surface area contributed by atoms with Crippen LogP contribution in [-0.4, -0.2) is 54.8 Å². The standard InChI is InChI=1S/C32H34N4O7/c1-7-32(43-28(39)17(2)33-26(37)22-14-30(3,4)36(41)31(22,5)6)21-13-24-25-19(12-18-10-8-9-11-23(18)34-25)15-35(24)27(38)20(21)16-42-29(32)40/h8-14,17,41H,7,15-16H2,1-6H3,(H,33,37)/t17-,32-/m0/s1. The minimum absolute atomic E-state index is 0.00200. The summed E-state index contributed by atoms with van der Waals surface area (Å²) in [6, 6.07) is 10.2. The third-order valence-electron chi connectivity index (χ3n) is 8.84. The van der Waals surface area contributed by atoms with Gasteiger partial charge >= 0.3 is 11.9 Å². The number of hydrogen-bond acceptors (Lipinski definition) is 9. The van der Waals surface area contributed by atoms with E-state index in [1.165, 1.54) is 6.92 Å². The quantitative estimate of drug-likeness (QED) is 0.337. The lowest BCUT2D eigenvalue weighted by molar-refractivity contribution is -0.190. The first-order chi connectivity index (χ1) is 20.2. The van der Waals surface area contributed by atoms with Crippen molar-refractivity contribution in [2.24, 2.45) is 0 Å². The molecule has 2 aromatic heterocycles. The molecular formula is C32H34N4O7. The van der Waals surface area contributed by atoms with Gasteiger partial charge in [-0.2, -0.15) is 5.06 Å². The second-order valence-electron chi connectivity index (χ2n) is 12.5.